The van der Waals surface area contributed by atoms with Crippen LogP contribution in [-0.2, 0) is 0 Å². The van der Waals surface area contributed by atoms with Gasteiger partial charge in [0.15, 0.2) is 17.5 Å². The van der Waals surface area contributed by atoms with Gasteiger partial charge < -0.3 is 19.8 Å². The summed E-state index contributed by atoms with van der Waals surface area (Å²) in [5.41, 5.74) is 0.357. The van der Waals surface area contributed by atoms with Crippen molar-refractivity contribution in [3.63, 3.8) is 0 Å². The Morgan fingerprint density at radius 3 is 2.43 bits per heavy atom. The molecule has 1 atom stereocenters. The minimum Gasteiger partial charge on any atom is -0.497 e. The first-order valence-corrected chi connectivity index (χ1v) is 13.1. The smallest absolute Gasteiger partial charge is 0.194 e. The van der Waals surface area contributed by atoms with Crippen LogP contribution in [-0.4, -0.2) is 59.2 Å². The van der Waals surface area contributed by atoms with Gasteiger partial charge in [0.25, 0.3) is 0 Å². The van der Waals surface area contributed by atoms with E-state index in [1.165, 1.54) is 18.9 Å². The van der Waals surface area contributed by atoms with E-state index < -0.39 is 29.4 Å². The van der Waals surface area contributed by atoms with Crippen molar-refractivity contribution in [2.45, 2.75) is 36.7 Å². The lowest BCUT2D eigenvalue weighted by atomic mass is 9.74. The van der Waals surface area contributed by atoms with E-state index in [0.29, 0.717) is 66.2 Å². The maximum absolute atomic E-state index is 14.7. The maximum atomic E-state index is 14.7. The summed E-state index contributed by atoms with van der Waals surface area (Å²) in [6.07, 6.45) is 2.26. The average molecular weight is 539 g/mol. The van der Waals surface area contributed by atoms with Crippen molar-refractivity contribution in [2.75, 3.05) is 39.1 Å². The number of rotatable bonds is 10. The van der Waals surface area contributed by atoms with Crippen LogP contribution in [0.15, 0.2) is 41.4 Å². The summed E-state index contributed by atoms with van der Waals surface area (Å²) in [6.45, 7) is 2.06. The molecule has 1 fully saturated rings. The van der Waals surface area contributed by atoms with E-state index in [0.717, 1.165) is 18.3 Å². The first kappa shape index (κ1) is 27.6. The predicted molar refractivity (Wildman–Crippen MR) is 135 cm³/mol. The number of fused-ring (bicyclic) bond motifs is 1. The molecule has 0 unspecified atom stereocenters. The third kappa shape index (κ3) is 6.37. The summed E-state index contributed by atoms with van der Waals surface area (Å²) in [7, 11) is 1.52. The number of hydrogen-bond donors (Lipinski definition) is 2. The topological polar surface area (TPSA) is 65.8 Å². The van der Waals surface area contributed by atoms with Gasteiger partial charge in [0, 0.05) is 34.7 Å². The summed E-state index contributed by atoms with van der Waals surface area (Å²) in [5.74, 6) is -3.33. The molecule has 0 radical (unpaired) electrons. The van der Waals surface area contributed by atoms with Crippen molar-refractivity contribution in [1.82, 2.24) is 9.88 Å². The molecule has 2 N–H and O–H groups in total. The quantitative estimate of drug-likeness (QED) is 0.203. The van der Waals surface area contributed by atoms with Crippen LogP contribution in [0.4, 0.5) is 17.6 Å². The molecule has 0 amide bonds. The minimum atomic E-state index is -1.47. The van der Waals surface area contributed by atoms with Crippen molar-refractivity contribution >= 4 is 22.7 Å². The number of nitrogens with zero attached hydrogens (tertiary/aromatic N) is 2. The largest absolute Gasteiger partial charge is 0.497 e. The van der Waals surface area contributed by atoms with Gasteiger partial charge >= 0.3 is 0 Å². The second-order valence-corrected chi connectivity index (χ2v) is 10.7. The van der Waals surface area contributed by atoms with Gasteiger partial charge in [-0.05, 0) is 74.5 Å². The molecule has 1 aromatic heterocycles. The van der Waals surface area contributed by atoms with E-state index in [1.807, 2.05) is 0 Å². The zero-order valence-corrected chi connectivity index (χ0v) is 21.3. The highest BCUT2D eigenvalue weighted by Crippen LogP contribution is 2.39. The number of methoxy groups -OCH3 is 1. The molecule has 0 saturated carbocycles. The van der Waals surface area contributed by atoms with Crippen LogP contribution >= 0.6 is 11.8 Å². The Morgan fingerprint density at radius 2 is 1.78 bits per heavy atom. The van der Waals surface area contributed by atoms with Crippen molar-refractivity contribution in [1.29, 1.82) is 0 Å². The molecule has 0 bridgehead atoms. The third-order valence-corrected chi connectivity index (χ3v) is 8.19. The molecule has 10 heteroatoms. The standard InChI is InChI=1S/C27H30F4N2O3S/c1-36-17-2-3-23-19(12-17)25(22(30)15-32-23)24(35)4-5-27(16-34)6-8-33(9-7-27)10-11-37-18-13-20(28)26(31)21(29)14-18/h2-3,12-15,24,34-35H,4-11,16H2,1H3/t24-/m0/s1. The van der Waals surface area contributed by atoms with Gasteiger partial charge in [-0.15, -0.1) is 11.8 Å². The van der Waals surface area contributed by atoms with Gasteiger partial charge in [-0.25, -0.2) is 17.6 Å². The van der Waals surface area contributed by atoms with E-state index in [1.54, 1.807) is 18.2 Å². The van der Waals surface area contributed by atoms with Crippen LogP contribution < -0.4 is 4.74 Å². The van der Waals surface area contributed by atoms with Crippen LogP contribution in [0, 0.1) is 28.7 Å². The molecular weight excluding hydrogens is 508 g/mol. The Bertz CT molecular complexity index is 1210. The molecular formula is C27H30F4N2O3S. The molecule has 200 valence electrons. The number of benzene rings is 2. The van der Waals surface area contributed by atoms with E-state index in [9.17, 15) is 27.8 Å². The first-order chi connectivity index (χ1) is 17.7. The lowest BCUT2D eigenvalue weighted by molar-refractivity contribution is 0.0251. The summed E-state index contributed by atoms with van der Waals surface area (Å²) in [6, 6.07) is 7.10. The predicted octanol–water partition coefficient (Wildman–Crippen LogP) is 5.48. The SMILES string of the molecule is COc1ccc2ncc(F)c([C@@H](O)CCC3(CO)CCN(CCSc4cc(F)c(F)c(F)c4)CC3)c2c1. The number of likely N-dealkylation sites (tertiary alicyclic amines) is 1. The number of pyridine rings is 1. The number of hydrogen-bond acceptors (Lipinski definition) is 6. The highest BCUT2D eigenvalue weighted by atomic mass is 32.2. The summed E-state index contributed by atoms with van der Waals surface area (Å²) < 4.78 is 59.9. The van der Waals surface area contributed by atoms with E-state index in [2.05, 4.69) is 9.88 Å². The zero-order chi connectivity index (χ0) is 26.6. The molecule has 1 aliphatic rings. The fourth-order valence-electron chi connectivity index (χ4n) is 4.87. The van der Waals surface area contributed by atoms with Crippen LogP contribution in [0.5, 0.6) is 5.75 Å². The number of halogens is 4. The van der Waals surface area contributed by atoms with Crippen molar-refractivity contribution in [3.8, 4) is 5.75 Å². The zero-order valence-electron chi connectivity index (χ0n) is 20.5. The van der Waals surface area contributed by atoms with Crippen LogP contribution in [0.3, 0.4) is 0 Å². The number of aromatic nitrogens is 1. The number of ether oxygens (including phenoxy) is 1. The fraction of sp³-hybridized carbons (Fsp3) is 0.444. The molecule has 3 aromatic rings. The van der Waals surface area contributed by atoms with Crippen molar-refractivity contribution in [2.24, 2.45) is 5.41 Å². The molecule has 4 rings (SSSR count). The Morgan fingerprint density at radius 1 is 1.08 bits per heavy atom. The Labute approximate surface area is 217 Å². The number of piperidine rings is 1. The molecule has 0 spiro atoms. The molecule has 2 heterocycles. The van der Waals surface area contributed by atoms with Crippen molar-refractivity contribution < 1.29 is 32.5 Å². The Kier molecular flexibility index (Phi) is 8.94. The minimum absolute atomic E-state index is 0.0379. The van der Waals surface area contributed by atoms with Crippen LogP contribution in [0.25, 0.3) is 10.9 Å². The second kappa shape index (κ2) is 12.0. The molecule has 2 aromatic carbocycles. The molecule has 1 aliphatic heterocycles. The van der Waals surface area contributed by atoms with Gasteiger partial charge in [-0.1, -0.05) is 0 Å². The first-order valence-electron chi connectivity index (χ1n) is 12.2. The van der Waals surface area contributed by atoms with Gasteiger partial charge in [0.1, 0.15) is 11.6 Å². The third-order valence-electron chi connectivity index (χ3n) is 7.24. The lowest BCUT2D eigenvalue weighted by Crippen LogP contribution is -2.43. The van der Waals surface area contributed by atoms with E-state index in [-0.39, 0.29) is 24.0 Å². The number of aliphatic hydroxyl groups excluding tert-OH is 2. The fourth-order valence-corrected chi connectivity index (χ4v) is 5.83. The highest BCUT2D eigenvalue weighted by Gasteiger charge is 2.34. The normalized spacial score (nSPS) is 16.7. The van der Waals surface area contributed by atoms with Gasteiger partial charge in [-0.2, -0.15) is 0 Å². The molecule has 0 aliphatic carbocycles. The Balaban J connectivity index is 1.32. The second-order valence-electron chi connectivity index (χ2n) is 9.51. The lowest BCUT2D eigenvalue weighted by Gasteiger charge is -2.41. The van der Waals surface area contributed by atoms with E-state index >= 15 is 0 Å². The molecule has 37 heavy (non-hydrogen) atoms. The van der Waals surface area contributed by atoms with Crippen LogP contribution in [0.2, 0.25) is 0 Å². The van der Waals surface area contributed by atoms with Crippen molar-refractivity contribution in [3.05, 3.63) is 65.4 Å². The molecule has 5 nitrogen and oxygen atoms in total. The monoisotopic (exact) mass is 538 g/mol. The van der Waals surface area contributed by atoms with Gasteiger partial charge in [-0.3, -0.25) is 4.98 Å². The van der Waals surface area contributed by atoms with Gasteiger partial charge in [0.05, 0.1) is 24.9 Å². The number of aliphatic hydroxyl groups is 2. The summed E-state index contributed by atoms with van der Waals surface area (Å²) >= 11 is 1.25. The average Bonchev–Trinajstić information content (AvgIpc) is 2.90. The molecule has 1 saturated heterocycles. The van der Waals surface area contributed by atoms with E-state index in [4.69, 9.17) is 4.74 Å². The summed E-state index contributed by atoms with van der Waals surface area (Å²) in [5, 5.41) is 21.7. The van der Waals surface area contributed by atoms with Gasteiger partial charge in [0.2, 0.25) is 0 Å². The maximum Gasteiger partial charge on any atom is 0.194 e. The van der Waals surface area contributed by atoms with Crippen LogP contribution in [0.1, 0.15) is 37.4 Å². The highest BCUT2D eigenvalue weighted by molar-refractivity contribution is 7.99. The Hall–Kier alpha value is -2.40. The summed E-state index contributed by atoms with van der Waals surface area (Å²) in [4.78, 5) is 6.64. The number of thioether (sulfide) groups is 1.